The van der Waals surface area contributed by atoms with Gasteiger partial charge in [0.2, 0.25) is 5.91 Å². The third-order valence-electron chi connectivity index (χ3n) is 5.67. The van der Waals surface area contributed by atoms with Crippen LogP contribution in [-0.2, 0) is 9.53 Å². The fourth-order valence-electron chi connectivity index (χ4n) is 4.45. The van der Waals surface area contributed by atoms with Gasteiger partial charge in [-0.1, -0.05) is 6.07 Å². The summed E-state index contributed by atoms with van der Waals surface area (Å²) in [6, 6.07) is 8.00. The number of fused-ring (bicyclic) bond motifs is 1. The van der Waals surface area contributed by atoms with Crippen LogP contribution in [0.25, 0.3) is 22.3 Å². The van der Waals surface area contributed by atoms with E-state index in [-0.39, 0.29) is 19.4 Å². The molecule has 4 heterocycles. The minimum absolute atomic E-state index is 0. The number of anilines is 2. The predicted octanol–water partition coefficient (Wildman–Crippen LogP) is 3.88. The molecule has 0 radical (unpaired) electrons. The van der Waals surface area contributed by atoms with E-state index in [1.54, 1.807) is 20.0 Å². The lowest BCUT2D eigenvalue weighted by atomic mass is 10.1. The molecular formula is C23H30N6O3. The number of amides is 2. The van der Waals surface area contributed by atoms with Gasteiger partial charge in [0.05, 0.1) is 24.2 Å². The van der Waals surface area contributed by atoms with Gasteiger partial charge >= 0.3 is 6.09 Å². The van der Waals surface area contributed by atoms with E-state index in [0.717, 1.165) is 35.6 Å². The Hall–Kier alpha value is -3.62. The van der Waals surface area contributed by atoms with Gasteiger partial charge in [0.25, 0.3) is 0 Å². The molecule has 0 unspecified atom stereocenters. The average Bonchev–Trinajstić information content (AvgIpc) is 3.16. The maximum atomic E-state index is 12.0. The number of rotatable bonds is 4. The third kappa shape index (κ3) is 4.23. The SMILES string of the molecule is CCOC(=O)Nc1cnc2[nH]cc(-c3cccc(N4C[C@@H](C)N(C(C)=O)[C@@H](C)C4)n3)c2c1.[HH]. The number of ether oxygens (including phenoxy) is 1. The molecule has 1 aliphatic heterocycles. The number of piperazine rings is 1. The van der Waals surface area contributed by atoms with Crippen molar-refractivity contribution < 1.29 is 15.8 Å². The second-order valence-corrected chi connectivity index (χ2v) is 8.08. The third-order valence-corrected chi connectivity index (χ3v) is 5.67. The van der Waals surface area contributed by atoms with Crippen molar-refractivity contribution in [3.63, 3.8) is 0 Å². The number of nitrogens with zero attached hydrogens (tertiary/aromatic N) is 4. The normalized spacial score (nSPS) is 18.6. The minimum Gasteiger partial charge on any atom is -0.450 e. The lowest BCUT2D eigenvalue weighted by Crippen LogP contribution is -2.58. The van der Waals surface area contributed by atoms with Crippen LogP contribution in [0.4, 0.5) is 16.3 Å². The molecule has 32 heavy (non-hydrogen) atoms. The molecule has 0 aromatic carbocycles. The summed E-state index contributed by atoms with van der Waals surface area (Å²) in [6.45, 7) is 9.26. The summed E-state index contributed by atoms with van der Waals surface area (Å²) in [5.41, 5.74) is 2.96. The fraction of sp³-hybridized carbons (Fsp3) is 0.391. The van der Waals surface area contributed by atoms with E-state index in [0.29, 0.717) is 17.9 Å². The number of carbonyl (C=O) groups excluding carboxylic acids is 2. The number of pyridine rings is 2. The fourth-order valence-corrected chi connectivity index (χ4v) is 4.45. The van der Waals surface area contributed by atoms with Gasteiger partial charge in [-0.15, -0.1) is 0 Å². The number of H-pyrrole nitrogens is 1. The Kier molecular flexibility index (Phi) is 5.98. The van der Waals surface area contributed by atoms with Crippen LogP contribution in [0.2, 0.25) is 0 Å². The zero-order valence-electron chi connectivity index (χ0n) is 18.8. The van der Waals surface area contributed by atoms with Gasteiger partial charge in [0.15, 0.2) is 0 Å². The standard InChI is InChI=1S/C23H28N6O3.H2/c1-5-32-23(31)26-17-9-18-19(11-25-22(18)24-10-17)20-7-6-8-21(27-20)28-12-14(2)29(16(4)30)15(3)13-28;/h6-11,14-15H,5,12-13H2,1-4H3,(H,24,25)(H,26,31);1H/t14-,15+;. The van der Waals surface area contributed by atoms with Crippen LogP contribution in [0.1, 0.15) is 29.1 Å². The lowest BCUT2D eigenvalue weighted by molar-refractivity contribution is -0.133. The molecule has 1 saturated heterocycles. The number of aromatic amines is 1. The molecule has 0 bridgehead atoms. The van der Waals surface area contributed by atoms with Crippen LogP contribution in [0.15, 0.2) is 36.7 Å². The Labute approximate surface area is 188 Å². The first-order valence-corrected chi connectivity index (χ1v) is 10.8. The van der Waals surface area contributed by atoms with Crippen LogP contribution in [0, 0.1) is 0 Å². The minimum atomic E-state index is -0.515. The molecule has 2 amide bonds. The highest BCUT2D eigenvalue weighted by atomic mass is 16.5. The average molecular weight is 439 g/mol. The van der Waals surface area contributed by atoms with Crippen molar-refractivity contribution in [2.24, 2.45) is 0 Å². The van der Waals surface area contributed by atoms with E-state index in [4.69, 9.17) is 9.72 Å². The van der Waals surface area contributed by atoms with Crippen LogP contribution in [0.3, 0.4) is 0 Å². The van der Waals surface area contributed by atoms with E-state index in [1.165, 1.54) is 0 Å². The highest BCUT2D eigenvalue weighted by molar-refractivity contribution is 5.96. The molecule has 4 rings (SSSR count). The molecule has 0 spiro atoms. The van der Waals surface area contributed by atoms with Gasteiger partial charge in [0.1, 0.15) is 11.5 Å². The van der Waals surface area contributed by atoms with E-state index in [9.17, 15) is 9.59 Å². The number of hydrogen-bond donors (Lipinski definition) is 2. The van der Waals surface area contributed by atoms with Crippen molar-refractivity contribution in [3.05, 3.63) is 36.7 Å². The molecule has 1 fully saturated rings. The molecule has 3 aromatic rings. The van der Waals surface area contributed by atoms with E-state index in [1.807, 2.05) is 35.4 Å². The zero-order valence-corrected chi connectivity index (χ0v) is 18.8. The second-order valence-electron chi connectivity index (χ2n) is 8.08. The second kappa shape index (κ2) is 8.86. The number of nitrogens with one attached hydrogen (secondary N) is 2. The lowest BCUT2D eigenvalue weighted by Gasteiger charge is -2.44. The molecule has 2 atom stereocenters. The van der Waals surface area contributed by atoms with Gasteiger partial charge in [-0.2, -0.15) is 0 Å². The first kappa shape index (κ1) is 21.6. The van der Waals surface area contributed by atoms with Crippen LogP contribution in [0.5, 0.6) is 0 Å². The molecule has 0 saturated carbocycles. The molecule has 9 nitrogen and oxygen atoms in total. The highest BCUT2D eigenvalue weighted by Gasteiger charge is 2.31. The summed E-state index contributed by atoms with van der Waals surface area (Å²) in [5.74, 6) is 0.970. The van der Waals surface area contributed by atoms with Gasteiger partial charge < -0.3 is 19.5 Å². The van der Waals surface area contributed by atoms with Crippen molar-refractivity contribution in [3.8, 4) is 11.3 Å². The van der Waals surface area contributed by atoms with E-state index in [2.05, 4.69) is 34.0 Å². The summed E-state index contributed by atoms with van der Waals surface area (Å²) >= 11 is 0. The van der Waals surface area contributed by atoms with Gasteiger partial charge in [-0.05, 0) is 39.0 Å². The molecular weight excluding hydrogens is 408 g/mol. The Morgan fingerprint density at radius 3 is 2.72 bits per heavy atom. The van der Waals surface area contributed by atoms with Crippen LogP contribution >= 0.6 is 0 Å². The Morgan fingerprint density at radius 1 is 1.28 bits per heavy atom. The Bertz CT molecular complexity index is 1140. The maximum absolute atomic E-state index is 12.0. The van der Waals surface area contributed by atoms with Crippen molar-refractivity contribution in [2.75, 3.05) is 29.9 Å². The largest absolute Gasteiger partial charge is 0.450 e. The first-order chi connectivity index (χ1) is 15.4. The monoisotopic (exact) mass is 438 g/mol. The van der Waals surface area contributed by atoms with Gasteiger partial charge in [-0.25, -0.2) is 14.8 Å². The molecule has 170 valence electrons. The number of hydrogen-bond acceptors (Lipinski definition) is 6. The molecule has 2 N–H and O–H groups in total. The maximum Gasteiger partial charge on any atom is 0.411 e. The van der Waals surface area contributed by atoms with Crippen molar-refractivity contribution in [1.29, 1.82) is 0 Å². The highest BCUT2D eigenvalue weighted by Crippen LogP contribution is 2.30. The van der Waals surface area contributed by atoms with Crippen molar-refractivity contribution >= 4 is 34.5 Å². The van der Waals surface area contributed by atoms with Crippen molar-refractivity contribution in [1.82, 2.24) is 19.9 Å². The summed E-state index contributed by atoms with van der Waals surface area (Å²) in [6.07, 6.45) is 2.94. The molecule has 3 aromatic heterocycles. The number of carbonyl (C=O) groups is 2. The number of aromatic nitrogens is 3. The predicted molar refractivity (Wildman–Crippen MR) is 126 cm³/mol. The summed E-state index contributed by atoms with van der Waals surface area (Å²) < 4.78 is 4.95. The Balaban J connectivity index is 0.00000306. The topological polar surface area (TPSA) is 103 Å². The van der Waals surface area contributed by atoms with Crippen molar-refractivity contribution in [2.45, 2.75) is 39.8 Å². The smallest absolute Gasteiger partial charge is 0.411 e. The summed E-state index contributed by atoms with van der Waals surface area (Å²) in [4.78, 5) is 40.4. The summed E-state index contributed by atoms with van der Waals surface area (Å²) in [5, 5.41) is 3.54. The quantitative estimate of drug-likeness (QED) is 0.641. The molecule has 1 aliphatic rings. The van der Waals surface area contributed by atoms with Gasteiger partial charge in [0, 0.05) is 50.7 Å². The molecule has 0 aliphatic carbocycles. The van der Waals surface area contributed by atoms with E-state index >= 15 is 0 Å². The van der Waals surface area contributed by atoms with Gasteiger partial charge in [-0.3, -0.25) is 10.1 Å². The first-order valence-electron chi connectivity index (χ1n) is 10.8. The van der Waals surface area contributed by atoms with Crippen LogP contribution < -0.4 is 10.2 Å². The Morgan fingerprint density at radius 2 is 2.03 bits per heavy atom. The molecule has 9 heteroatoms. The zero-order chi connectivity index (χ0) is 22.8. The summed E-state index contributed by atoms with van der Waals surface area (Å²) in [7, 11) is 0. The van der Waals surface area contributed by atoms with Crippen LogP contribution in [-0.4, -0.2) is 63.6 Å². The van der Waals surface area contributed by atoms with E-state index < -0.39 is 6.09 Å².